The van der Waals surface area contributed by atoms with E-state index in [0.29, 0.717) is 16.9 Å². The molecule has 25 heavy (non-hydrogen) atoms. The van der Waals surface area contributed by atoms with E-state index in [2.05, 4.69) is 16.0 Å². The third-order valence-corrected chi connectivity index (χ3v) is 5.87. The third kappa shape index (κ3) is 2.68. The zero-order valence-electron chi connectivity index (χ0n) is 14.3. The summed E-state index contributed by atoms with van der Waals surface area (Å²) in [7, 11) is 1.88. The maximum absolute atomic E-state index is 12.6. The molecule has 3 heterocycles. The SMILES string of the molecule is Cn1c(Cl)c(C2=CCC(C(=O)N3CCCC3)CC2)c2c(N)ncnc21. The third-order valence-electron chi connectivity index (χ3n) is 5.42. The van der Waals surface area contributed by atoms with Gasteiger partial charge in [-0.05, 0) is 37.7 Å². The van der Waals surface area contributed by atoms with Crippen LogP contribution < -0.4 is 5.73 Å². The molecule has 4 rings (SSSR count). The fourth-order valence-electron chi connectivity index (χ4n) is 4.02. The Kier molecular flexibility index (Phi) is 4.15. The van der Waals surface area contributed by atoms with Crippen LogP contribution in [-0.2, 0) is 11.8 Å². The maximum atomic E-state index is 12.6. The van der Waals surface area contributed by atoms with Crippen molar-refractivity contribution < 1.29 is 4.79 Å². The second-order valence-electron chi connectivity index (χ2n) is 6.92. The molecular formula is C18H22ClN5O. The number of nitrogens with two attached hydrogens (primary N) is 1. The van der Waals surface area contributed by atoms with Crippen molar-refractivity contribution in [3.63, 3.8) is 0 Å². The second kappa shape index (κ2) is 6.33. The predicted octanol–water partition coefficient (Wildman–Crippen LogP) is 3.01. The minimum absolute atomic E-state index is 0.0872. The van der Waals surface area contributed by atoms with Crippen LogP contribution in [0.5, 0.6) is 0 Å². The number of carbonyl (C=O) groups is 1. The van der Waals surface area contributed by atoms with Gasteiger partial charge in [0.05, 0.1) is 5.39 Å². The first kappa shape index (κ1) is 16.4. The van der Waals surface area contributed by atoms with Gasteiger partial charge in [0.25, 0.3) is 0 Å². The summed E-state index contributed by atoms with van der Waals surface area (Å²) in [4.78, 5) is 23.1. The average Bonchev–Trinajstić information content (AvgIpc) is 3.24. The van der Waals surface area contributed by atoms with Gasteiger partial charge in [-0.1, -0.05) is 17.7 Å². The van der Waals surface area contributed by atoms with E-state index in [0.717, 1.165) is 67.4 Å². The summed E-state index contributed by atoms with van der Waals surface area (Å²) in [5.41, 5.74) is 8.89. The summed E-state index contributed by atoms with van der Waals surface area (Å²) in [5.74, 6) is 0.836. The molecule has 1 amide bonds. The number of anilines is 1. The summed E-state index contributed by atoms with van der Waals surface area (Å²) < 4.78 is 1.84. The van der Waals surface area contributed by atoms with E-state index in [1.165, 1.54) is 6.33 Å². The summed E-state index contributed by atoms with van der Waals surface area (Å²) in [6.07, 6.45) is 8.28. The smallest absolute Gasteiger partial charge is 0.226 e. The summed E-state index contributed by atoms with van der Waals surface area (Å²) in [5, 5.41) is 1.43. The van der Waals surface area contributed by atoms with Crippen molar-refractivity contribution in [2.75, 3.05) is 18.8 Å². The Balaban J connectivity index is 1.65. The molecule has 0 radical (unpaired) electrons. The minimum atomic E-state index is 0.0872. The number of hydrogen-bond acceptors (Lipinski definition) is 4. The highest BCUT2D eigenvalue weighted by molar-refractivity contribution is 6.33. The first-order valence-electron chi connectivity index (χ1n) is 8.80. The molecular weight excluding hydrogens is 338 g/mol. The van der Waals surface area contributed by atoms with Gasteiger partial charge in [-0.2, -0.15) is 0 Å². The molecule has 0 bridgehead atoms. The van der Waals surface area contributed by atoms with Gasteiger partial charge in [-0.25, -0.2) is 9.97 Å². The van der Waals surface area contributed by atoms with Crippen molar-refractivity contribution in [1.82, 2.24) is 19.4 Å². The van der Waals surface area contributed by atoms with Gasteiger partial charge in [0.15, 0.2) is 0 Å². The number of likely N-dealkylation sites (tertiary alicyclic amines) is 1. The molecule has 0 aromatic carbocycles. The Labute approximate surface area is 151 Å². The molecule has 1 unspecified atom stereocenters. The number of rotatable bonds is 2. The average molecular weight is 360 g/mol. The molecule has 6 nitrogen and oxygen atoms in total. The van der Waals surface area contributed by atoms with Gasteiger partial charge in [0.2, 0.25) is 5.91 Å². The maximum Gasteiger partial charge on any atom is 0.226 e. The van der Waals surface area contributed by atoms with Crippen LogP contribution in [-0.4, -0.2) is 38.4 Å². The standard InChI is InChI=1S/C18H22ClN5O/c1-23-15(19)13(14-16(20)21-10-22-17(14)23)11-4-6-12(7-5-11)18(25)24-8-2-3-9-24/h4,10,12H,2-3,5-9H2,1H3,(H2,20,21,22). The number of aryl methyl sites for hydroxylation is 1. The highest BCUT2D eigenvalue weighted by Crippen LogP contribution is 2.40. The lowest BCUT2D eigenvalue weighted by Crippen LogP contribution is -2.34. The summed E-state index contributed by atoms with van der Waals surface area (Å²) >= 11 is 6.57. The number of hydrogen-bond donors (Lipinski definition) is 1. The first-order valence-corrected chi connectivity index (χ1v) is 9.18. The Hall–Kier alpha value is -2.08. The molecule has 0 spiro atoms. The molecule has 132 valence electrons. The van der Waals surface area contributed by atoms with E-state index in [4.69, 9.17) is 17.3 Å². The lowest BCUT2D eigenvalue weighted by molar-refractivity contribution is -0.134. The first-order chi connectivity index (χ1) is 12.1. The zero-order valence-corrected chi connectivity index (χ0v) is 15.1. The molecule has 1 fully saturated rings. The normalized spacial score (nSPS) is 21.0. The molecule has 2 N–H and O–H groups in total. The van der Waals surface area contributed by atoms with Gasteiger partial charge in [0.1, 0.15) is 22.9 Å². The zero-order chi connectivity index (χ0) is 17.6. The Morgan fingerprint density at radius 3 is 2.76 bits per heavy atom. The minimum Gasteiger partial charge on any atom is -0.383 e. The topological polar surface area (TPSA) is 77.0 Å². The van der Waals surface area contributed by atoms with E-state index in [9.17, 15) is 4.79 Å². The van der Waals surface area contributed by atoms with E-state index in [1.54, 1.807) is 0 Å². The van der Waals surface area contributed by atoms with E-state index in [-0.39, 0.29) is 5.92 Å². The quantitative estimate of drug-likeness (QED) is 0.894. The largest absolute Gasteiger partial charge is 0.383 e. The molecule has 7 heteroatoms. The molecule has 2 aromatic rings. The molecule has 2 aliphatic rings. The number of nitrogen functional groups attached to an aromatic ring is 1. The molecule has 1 atom stereocenters. The van der Waals surface area contributed by atoms with Gasteiger partial charge < -0.3 is 15.2 Å². The van der Waals surface area contributed by atoms with Crippen LogP contribution >= 0.6 is 11.6 Å². The van der Waals surface area contributed by atoms with Crippen LogP contribution in [0.3, 0.4) is 0 Å². The van der Waals surface area contributed by atoms with Crippen LogP contribution in [0.1, 0.15) is 37.7 Å². The summed E-state index contributed by atoms with van der Waals surface area (Å²) in [6.45, 7) is 1.82. The van der Waals surface area contributed by atoms with Gasteiger partial charge in [0, 0.05) is 31.6 Å². The number of amides is 1. The number of halogens is 1. The Morgan fingerprint density at radius 2 is 2.08 bits per heavy atom. The lowest BCUT2D eigenvalue weighted by Gasteiger charge is -2.26. The number of allylic oxidation sites excluding steroid dienone is 2. The van der Waals surface area contributed by atoms with Gasteiger partial charge in [-0.3, -0.25) is 4.79 Å². The molecule has 1 aliphatic heterocycles. The fraction of sp³-hybridized carbons (Fsp3) is 0.500. The molecule has 0 saturated carbocycles. The van der Waals surface area contributed by atoms with E-state index < -0.39 is 0 Å². The van der Waals surface area contributed by atoms with Crippen LogP contribution in [0.4, 0.5) is 5.82 Å². The van der Waals surface area contributed by atoms with Gasteiger partial charge in [-0.15, -0.1) is 0 Å². The highest BCUT2D eigenvalue weighted by atomic mass is 35.5. The van der Waals surface area contributed by atoms with Crippen LogP contribution in [0.2, 0.25) is 5.15 Å². The van der Waals surface area contributed by atoms with Crippen LogP contribution in [0, 0.1) is 5.92 Å². The van der Waals surface area contributed by atoms with E-state index in [1.807, 2.05) is 16.5 Å². The number of carbonyl (C=O) groups excluding carboxylic acids is 1. The molecule has 2 aromatic heterocycles. The van der Waals surface area contributed by atoms with Crippen molar-refractivity contribution in [3.8, 4) is 0 Å². The van der Waals surface area contributed by atoms with Crippen LogP contribution in [0.25, 0.3) is 16.6 Å². The lowest BCUT2D eigenvalue weighted by atomic mass is 9.86. The van der Waals surface area contributed by atoms with Crippen molar-refractivity contribution in [3.05, 3.63) is 23.1 Å². The monoisotopic (exact) mass is 359 g/mol. The number of fused-ring (bicyclic) bond motifs is 1. The van der Waals surface area contributed by atoms with Crippen molar-refractivity contribution in [1.29, 1.82) is 0 Å². The fourth-order valence-corrected chi connectivity index (χ4v) is 4.32. The van der Waals surface area contributed by atoms with Crippen molar-refractivity contribution in [2.24, 2.45) is 13.0 Å². The molecule has 1 aliphatic carbocycles. The van der Waals surface area contributed by atoms with Gasteiger partial charge >= 0.3 is 0 Å². The Bertz CT molecular complexity index is 866. The Morgan fingerprint density at radius 1 is 1.32 bits per heavy atom. The van der Waals surface area contributed by atoms with E-state index >= 15 is 0 Å². The predicted molar refractivity (Wildman–Crippen MR) is 99.1 cm³/mol. The number of aromatic nitrogens is 3. The van der Waals surface area contributed by atoms with Crippen LogP contribution in [0.15, 0.2) is 12.4 Å². The molecule has 1 saturated heterocycles. The van der Waals surface area contributed by atoms with Crippen molar-refractivity contribution in [2.45, 2.75) is 32.1 Å². The summed E-state index contributed by atoms with van der Waals surface area (Å²) in [6, 6.07) is 0. The second-order valence-corrected chi connectivity index (χ2v) is 7.27. The number of nitrogens with zero attached hydrogens (tertiary/aromatic N) is 4. The highest BCUT2D eigenvalue weighted by Gasteiger charge is 2.29. The van der Waals surface area contributed by atoms with Crippen molar-refractivity contribution >= 4 is 39.9 Å².